The number of halogens is 1. The predicted octanol–water partition coefficient (Wildman–Crippen LogP) is 4.00. The molecule has 94 valence electrons. The van der Waals surface area contributed by atoms with Crippen LogP contribution >= 0.6 is 15.9 Å². The van der Waals surface area contributed by atoms with E-state index in [1.54, 1.807) is 7.11 Å². The van der Waals surface area contributed by atoms with Gasteiger partial charge in [0.05, 0.1) is 11.9 Å². The minimum atomic E-state index is 0.201. The highest BCUT2D eigenvalue weighted by Crippen LogP contribution is 2.11. The number of ether oxygens (including phenoxy) is 1. The molecule has 0 spiro atoms. The molecular formula is C16H17BrO. The van der Waals surface area contributed by atoms with Gasteiger partial charge in [-0.25, -0.2) is 0 Å². The number of alkyl halides is 1. The first-order valence-corrected chi connectivity index (χ1v) is 6.91. The van der Waals surface area contributed by atoms with E-state index < -0.39 is 0 Å². The zero-order valence-electron chi connectivity index (χ0n) is 10.6. The molecule has 1 atom stereocenters. The summed E-state index contributed by atoms with van der Waals surface area (Å²) in [5.74, 6) is 9.83. The molecule has 0 bridgehead atoms. The number of unbranched alkanes of at least 4 members (excludes halogenated alkanes) is 2. The summed E-state index contributed by atoms with van der Waals surface area (Å²) in [4.78, 5) is 0.201. The van der Waals surface area contributed by atoms with Crippen LogP contribution in [-0.4, -0.2) is 11.9 Å². The molecule has 1 aromatic carbocycles. The number of terminal acetylenes is 1. The Morgan fingerprint density at radius 3 is 2.61 bits per heavy atom. The highest BCUT2D eigenvalue weighted by Gasteiger charge is 1.96. The van der Waals surface area contributed by atoms with Crippen molar-refractivity contribution in [2.45, 2.75) is 30.5 Å². The van der Waals surface area contributed by atoms with E-state index in [0.29, 0.717) is 0 Å². The smallest absolute Gasteiger partial charge is 0.118 e. The van der Waals surface area contributed by atoms with Crippen LogP contribution in [0, 0.1) is 24.2 Å². The van der Waals surface area contributed by atoms with Crippen molar-refractivity contribution in [1.29, 1.82) is 0 Å². The summed E-state index contributed by atoms with van der Waals surface area (Å²) in [5.41, 5.74) is 1.03. The maximum absolute atomic E-state index is 5.28. The molecule has 1 rings (SSSR count). The van der Waals surface area contributed by atoms with Gasteiger partial charge in [-0.05, 0) is 37.1 Å². The fraction of sp³-hybridized carbons (Fsp3) is 0.375. The molecule has 0 fully saturated rings. The molecule has 0 aromatic heterocycles. The lowest BCUT2D eigenvalue weighted by Gasteiger charge is -1.99. The summed E-state index contributed by atoms with van der Waals surface area (Å²) in [7, 11) is 1.66. The van der Waals surface area contributed by atoms with Crippen LogP contribution in [0.25, 0.3) is 0 Å². The van der Waals surface area contributed by atoms with Gasteiger partial charge in [-0.15, -0.1) is 6.42 Å². The van der Waals surface area contributed by atoms with Crippen molar-refractivity contribution in [1.82, 2.24) is 0 Å². The largest absolute Gasteiger partial charge is 0.497 e. The summed E-state index contributed by atoms with van der Waals surface area (Å²) in [5, 5.41) is 0. The number of rotatable bonds is 5. The van der Waals surface area contributed by atoms with Crippen LogP contribution in [-0.2, 0) is 0 Å². The Morgan fingerprint density at radius 2 is 2.00 bits per heavy atom. The second kappa shape index (κ2) is 8.67. The van der Waals surface area contributed by atoms with Crippen molar-refractivity contribution < 1.29 is 4.74 Å². The standard InChI is InChI=1S/C16H17BrO/c1-3-15(17)9-7-5-4-6-8-14-10-12-16(18-2)13-11-14/h1,10-13,15H,4-5,7,9H2,2H3. The average Bonchev–Trinajstić information content (AvgIpc) is 2.43. The zero-order valence-corrected chi connectivity index (χ0v) is 12.2. The normalized spacial score (nSPS) is 10.9. The Hall–Kier alpha value is -1.38. The van der Waals surface area contributed by atoms with Gasteiger partial charge in [0, 0.05) is 12.0 Å². The van der Waals surface area contributed by atoms with Crippen LogP contribution < -0.4 is 4.74 Å². The lowest BCUT2D eigenvalue weighted by molar-refractivity contribution is 0.415. The van der Waals surface area contributed by atoms with Gasteiger partial charge < -0.3 is 4.74 Å². The first kappa shape index (κ1) is 14.7. The van der Waals surface area contributed by atoms with Gasteiger partial charge in [-0.1, -0.05) is 40.1 Å². The van der Waals surface area contributed by atoms with E-state index in [4.69, 9.17) is 11.2 Å². The van der Waals surface area contributed by atoms with E-state index in [1.165, 1.54) is 0 Å². The summed E-state index contributed by atoms with van der Waals surface area (Å²) >= 11 is 3.41. The number of hydrogen-bond acceptors (Lipinski definition) is 1. The minimum absolute atomic E-state index is 0.201. The maximum atomic E-state index is 5.28. The van der Waals surface area contributed by atoms with E-state index in [2.05, 4.69) is 33.7 Å². The third kappa shape index (κ3) is 5.80. The molecule has 0 saturated carbocycles. The molecule has 0 saturated heterocycles. The zero-order chi connectivity index (χ0) is 13.2. The fourth-order valence-electron chi connectivity index (χ4n) is 1.46. The van der Waals surface area contributed by atoms with Crippen LogP contribution in [0.2, 0.25) is 0 Å². The highest BCUT2D eigenvalue weighted by molar-refractivity contribution is 9.09. The minimum Gasteiger partial charge on any atom is -0.497 e. The Bertz CT molecular complexity index is 445. The summed E-state index contributed by atoms with van der Waals surface area (Å²) in [6.45, 7) is 0. The summed E-state index contributed by atoms with van der Waals surface area (Å²) in [6.07, 6.45) is 9.40. The molecule has 0 aliphatic heterocycles. The van der Waals surface area contributed by atoms with Crippen molar-refractivity contribution in [2.75, 3.05) is 7.11 Å². The first-order valence-electron chi connectivity index (χ1n) is 5.99. The Balaban J connectivity index is 2.27. The number of benzene rings is 1. The van der Waals surface area contributed by atoms with Crippen LogP contribution in [0.1, 0.15) is 31.2 Å². The molecule has 0 amide bonds. The maximum Gasteiger partial charge on any atom is 0.118 e. The van der Waals surface area contributed by atoms with Gasteiger partial charge in [-0.3, -0.25) is 0 Å². The second-order valence-electron chi connectivity index (χ2n) is 3.91. The van der Waals surface area contributed by atoms with Crippen LogP contribution in [0.15, 0.2) is 24.3 Å². The van der Waals surface area contributed by atoms with Crippen molar-refractivity contribution in [3.8, 4) is 29.9 Å². The van der Waals surface area contributed by atoms with Gasteiger partial charge >= 0.3 is 0 Å². The Kier molecular flexibility index (Phi) is 7.07. The van der Waals surface area contributed by atoms with E-state index in [-0.39, 0.29) is 4.83 Å². The molecule has 0 heterocycles. The molecule has 0 aliphatic rings. The van der Waals surface area contributed by atoms with E-state index >= 15 is 0 Å². The number of methoxy groups -OCH3 is 1. The molecule has 1 aromatic rings. The molecule has 0 aliphatic carbocycles. The van der Waals surface area contributed by atoms with E-state index in [9.17, 15) is 0 Å². The first-order chi connectivity index (χ1) is 8.76. The molecule has 1 nitrogen and oxygen atoms in total. The van der Waals surface area contributed by atoms with Gasteiger partial charge in [0.25, 0.3) is 0 Å². The van der Waals surface area contributed by atoms with E-state index in [1.807, 2.05) is 24.3 Å². The lowest BCUT2D eigenvalue weighted by Crippen LogP contribution is -1.91. The van der Waals surface area contributed by atoms with Gasteiger partial charge in [0.15, 0.2) is 0 Å². The molecule has 0 radical (unpaired) electrons. The monoisotopic (exact) mass is 304 g/mol. The van der Waals surface area contributed by atoms with Gasteiger partial charge in [0.1, 0.15) is 5.75 Å². The molecule has 18 heavy (non-hydrogen) atoms. The Morgan fingerprint density at radius 1 is 1.28 bits per heavy atom. The van der Waals surface area contributed by atoms with Gasteiger partial charge in [-0.2, -0.15) is 0 Å². The van der Waals surface area contributed by atoms with Crippen LogP contribution in [0.3, 0.4) is 0 Å². The summed E-state index contributed by atoms with van der Waals surface area (Å²) < 4.78 is 5.09. The Labute approximate surface area is 118 Å². The third-order valence-electron chi connectivity index (χ3n) is 2.51. The van der Waals surface area contributed by atoms with Crippen molar-refractivity contribution >= 4 is 15.9 Å². The average molecular weight is 305 g/mol. The van der Waals surface area contributed by atoms with E-state index in [0.717, 1.165) is 37.0 Å². The predicted molar refractivity (Wildman–Crippen MR) is 79.9 cm³/mol. The topological polar surface area (TPSA) is 9.23 Å². The van der Waals surface area contributed by atoms with Gasteiger partial charge in [0.2, 0.25) is 0 Å². The second-order valence-corrected chi connectivity index (χ2v) is 5.02. The van der Waals surface area contributed by atoms with Crippen LogP contribution in [0.5, 0.6) is 5.75 Å². The third-order valence-corrected chi connectivity index (χ3v) is 3.24. The lowest BCUT2D eigenvalue weighted by atomic mass is 10.1. The molecule has 0 N–H and O–H groups in total. The molecule has 1 unspecified atom stereocenters. The van der Waals surface area contributed by atoms with Crippen molar-refractivity contribution in [3.63, 3.8) is 0 Å². The van der Waals surface area contributed by atoms with Crippen molar-refractivity contribution in [2.24, 2.45) is 0 Å². The molecular weight excluding hydrogens is 288 g/mol. The SMILES string of the molecule is C#CC(Br)CCCCC#Cc1ccc(OC)cc1. The highest BCUT2D eigenvalue weighted by atomic mass is 79.9. The summed E-state index contributed by atoms with van der Waals surface area (Å²) in [6, 6.07) is 7.79. The van der Waals surface area contributed by atoms with Crippen LogP contribution in [0.4, 0.5) is 0 Å². The molecule has 2 heteroatoms. The van der Waals surface area contributed by atoms with Crippen molar-refractivity contribution in [3.05, 3.63) is 29.8 Å². The number of hydrogen-bond donors (Lipinski definition) is 0. The quantitative estimate of drug-likeness (QED) is 0.454. The fourth-order valence-corrected chi connectivity index (χ4v) is 1.78.